The first kappa shape index (κ1) is 15.2. The molecule has 0 heterocycles. The Morgan fingerprint density at radius 3 is 2.78 bits per heavy atom. The summed E-state index contributed by atoms with van der Waals surface area (Å²) in [4.78, 5) is 2.12. The Hall–Kier alpha value is -0.810. The predicted molar refractivity (Wildman–Crippen MR) is 72.2 cm³/mol. The fourth-order valence-corrected chi connectivity index (χ4v) is 1.82. The molecular formula is C13H20ClNO3. The summed E-state index contributed by atoms with van der Waals surface area (Å²) < 4.78 is 10.5. The lowest BCUT2D eigenvalue weighted by molar-refractivity contribution is 0.0772. The minimum absolute atomic E-state index is 0.0613. The minimum Gasteiger partial charge on any atom is -0.496 e. The zero-order valence-corrected chi connectivity index (χ0v) is 11.6. The van der Waals surface area contributed by atoms with Gasteiger partial charge in [0.15, 0.2) is 0 Å². The standard InChI is InChI=1S/C13H20ClNO3/c1-15(5-7-18-8-6-16)10-11-9-12(14)3-4-13(11)17-2/h3-4,9,16H,5-8,10H2,1-2H3. The lowest BCUT2D eigenvalue weighted by atomic mass is 10.2. The van der Waals surface area contributed by atoms with Crippen LogP contribution in [0.25, 0.3) is 0 Å². The van der Waals surface area contributed by atoms with E-state index in [2.05, 4.69) is 4.90 Å². The van der Waals surface area contributed by atoms with Gasteiger partial charge in [0.2, 0.25) is 0 Å². The van der Waals surface area contributed by atoms with Gasteiger partial charge in [-0.15, -0.1) is 0 Å². The number of aliphatic hydroxyl groups is 1. The maximum absolute atomic E-state index is 8.60. The molecule has 0 aliphatic heterocycles. The van der Waals surface area contributed by atoms with Crippen LogP contribution in [0, 0.1) is 0 Å². The largest absolute Gasteiger partial charge is 0.496 e. The van der Waals surface area contributed by atoms with E-state index in [0.717, 1.165) is 24.4 Å². The van der Waals surface area contributed by atoms with Crippen molar-refractivity contribution in [1.29, 1.82) is 0 Å². The molecule has 18 heavy (non-hydrogen) atoms. The van der Waals surface area contributed by atoms with Gasteiger partial charge in [0, 0.05) is 23.7 Å². The van der Waals surface area contributed by atoms with E-state index in [0.29, 0.717) is 18.2 Å². The third kappa shape index (κ3) is 5.23. The number of likely N-dealkylation sites (N-methyl/N-ethyl adjacent to an activating group) is 1. The summed E-state index contributed by atoms with van der Waals surface area (Å²) in [6, 6.07) is 5.59. The number of halogens is 1. The van der Waals surface area contributed by atoms with Crippen LogP contribution >= 0.6 is 11.6 Å². The van der Waals surface area contributed by atoms with Gasteiger partial charge in [-0.05, 0) is 25.2 Å². The molecule has 0 aliphatic rings. The number of nitrogens with zero attached hydrogens (tertiary/aromatic N) is 1. The molecule has 0 amide bonds. The average molecular weight is 274 g/mol. The number of aliphatic hydroxyl groups excluding tert-OH is 1. The number of rotatable bonds is 8. The molecule has 0 atom stereocenters. The highest BCUT2D eigenvalue weighted by molar-refractivity contribution is 6.30. The molecule has 0 radical (unpaired) electrons. The second kappa shape index (κ2) is 8.32. The van der Waals surface area contributed by atoms with E-state index in [1.165, 1.54) is 0 Å². The maximum Gasteiger partial charge on any atom is 0.123 e. The highest BCUT2D eigenvalue weighted by Crippen LogP contribution is 2.23. The molecular weight excluding hydrogens is 254 g/mol. The summed E-state index contributed by atoms with van der Waals surface area (Å²) in [7, 11) is 3.65. The molecule has 0 saturated heterocycles. The Kier molecular flexibility index (Phi) is 7.05. The van der Waals surface area contributed by atoms with E-state index >= 15 is 0 Å². The van der Waals surface area contributed by atoms with Crippen LogP contribution in [0.3, 0.4) is 0 Å². The maximum atomic E-state index is 8.60. The smallest absolute Gasteiger partial charge is 0.123 e. The number of hydrogen-bond donors (Lipinski definition) is 1. The van der Waals surface area contributed by atoms with E-state index < -0.39 is 0 Å². The Morgan fingerprint density at radius 2 is 2.11 bits per heavy atom. The summed E-state index contributed by atoms with van der Waals surface area (Å²) in [5.74, 6) is 0.836. The molecule has 5 heteroatoms. The second-order valence-electron chi connectivity index (χ2n) is 4.03. The molecule has 102 valence electrons. The van der Waals surface area contributed by atoms with Crippen molar-refractivity contribution in [1.82, 2.24) is 4.90 Å². The fraction of sp³-hybridized carbons (Fsp3) is 0.538. The quantitative estimate of drug-likeness (QED) is 0.734. The van der Waals surface area contributed by atoms with Gasteiger partial charge in [-0.1, -0.05) is 11.6 Å². The van der Waals surface area contributed by atoms with Crippen LogP contribution in [0.1, 0.15) is 5.56 Å². The van der Waals surface area contributed by atoms with Gasteiger partial charge in [0.1, 0.15) is 5.75 Å². The van der Waals surface area contributed by atoms with Crippen molar-refractivity contribution in [3.05, 3.63) is 28.8 Å². The molecule has 0 aliphatic carbocycles. The van der Waals surface area contributed by atoms with Gasteiger partial charge in [-0.3, -0.25) is 4.90 Å². The van der Waals surface area contributed by atoms with Crippen LogP contribution in [-0.2, 0) is 11.3 Å². The van der Waals surface area contributed by atoms with Gasteiger partial charge in [-0.2, -0.15) is 0 Å². The molecule has 0 unspecified atom stereocenters. The Bertz CT molecular complexity index is 360. The zero-order valence-electron chi connectivity index (χ0n) is 10.9. The third-order valence-electron chi connectivity index (χ3n) is 2.54. The van der Waals surface area contributed by atoms with Gasteiger partial charge >= 0.3 is 0 Å². The van der Waals surface area contributed by atoms with E-state index in [4.69, 9.17) is 26.2 Å². The SMILES string of the molecule is COc1ccc(Cl)cc1CN(C)CCOCCO. The van der Waals surface area contributed by atoms with Crippen LogP contribution in [0.5, 0.6) is 5.75 Å². The Labute approximate surface area is 113 Å². The number of ether oxygens (including phenoxy) is 2. The summed E-state index contributed by atoms with van der Waals surface area (Å²) in [6.45, 7) is 2.57. The van der Waals surface area contributed by atoms with Crippen molar-refractivity contribution >= 4 is 11.6 Å². The Balaban J connectivity index is 2.47. The summed E-state index contributed by atoms with van der Waals surface area (Å²) in [6.07, 6.45) is 0. The molecule has 1 aromatic rings. The summed E-state index contributed by atoms with van der Waals surface area (Å²) in [5, 5.41) is 9.30. The van der Waals surface area contributed by atoms with Gasteiger partial charge < -0.3 is 14.6 Å². The van der Waals surface area contributed by atoms with E-state index in [9.17, 15) is 0 Å². The van der Waals surface area contributed by atoms with Gasteiger partial charge in [0.25, 0.3) is 0 Å². The first-order chi connectivity index (χ1) is 8.67. The average Bonchev–Trinajstić information content (AvgIpc) is 2.35. The van der Waals surface area contributed by atoms with E-state index in [-0.39, 0.29) is 6.61 Å². The Morgan fingerprint density at radius 1 is 1.33 bits per heavy atom. The monoisotopic (exact) mass is 273 g/mol. The van der Waals surface area contributed by atoms with Crippen molar-refractivity contribution in [2.24, 2.45) is 0 Å². The molecule has 0 spiro atoms. The number of benzene rings is 1. The topological polar surface area (TPSA) is 41.9 Å². The van der Waals surface area contributed by atoms with Crippen LogP contribution in [0.15, 0.2) is 18.2 Å². The first-order valence-electron chi connectivity index (χ1n) is 5.87. The van der Waals surface area contributed by atoms with Crippen LogP contribution in [0.4, 0.5) is 0 Å². The second-order valence-corrected chi connectivity index (χ2v) is 4.47. The van der Waals surface area contributed by atoms with Crippen molar-refractivity contribution in [2.75, 3.05) is 40.5 Å². The molecule has 1 N–H and O–H groups in total. The predicted octanol–water partition coefficient (Wildman–Crippen LogP) is 1.79. The lowest BCUT2D eigenvalue weighted by Crippen LogP contribution is -2.23. The molecule has 4 nitrogen and oxygen atoms in total. The zero-order chi connectivity index (χ0) is 13.4. The van der Waals surface area contributed by atoms with Crippen LogP contribution < -0.4 is 4.74 Å². The fourth-order valence-electron chi connectivity index (χ4n) is 1.63. The lowest BCUT2D eigenvalue weighted by Gasteiger charge is -2.18. The van der Waals surface area contributed by atoms with Gasteiger partial charge in [-0.25, -0.2) is 0 Å². The number of hydrogen-bond acceptors (Lipinski definition) is 4. The molecule has 0 aromatic heterocycles. The van der Waals surface area contributed by atoms with Gasteiger partial charge in [0.05, 0.1) is 26.9 Å². The summed E-state index contributed by atoms with van der Waals surface area (Å²) in [5.41, 5.74) is 1.05. The van der Waals surface area contributed by atoms with Crippen molar-refractivity contribution in [3.8, 4) is 5.75 Å². The van der Waals surface area contributed by atoms with Crippen molar-refractivity contribution < 1.29 is 14.6 Å². The minimum atomic E-state index is 0.0613. The van der Waals surface area contributed by atoms with Crippen LogP contribution in [0.2, 0.25) is 5.02 Å². The first-order valence-corrected chi connectivity index (χ1v) is 6.24. The highest BCUT2D eigenvalue weighted by atomic mass is 35.5. The number of methoxy groups -OCH3 is 1. The third-order valence-corrected chi connectivity index (χ3v) is 2.77. The van der Waals surface area contributed by atoms with E-state index in [1.54, 1.807) is 7.11 Å². The normalized spacial score (nSPS) is 10.9. The molecule has 1 rings (SSSR count). The molecule has 0 fully saturated rings. The molecule has 1 aromatic carbocycles. The van der Waals surface area contributed by atoms with Crippen molar-refractivity contribution in [3.63, 3.8) is 0 Å². The van der Waals surface area contributed by atoms with Crippen LogP contribution in [-0.4, -0.2) is 50.5 Å². The molecule has 0 bridgehead atoms. The highest BCUT2D eigenvalue weighted by Gasteiger charge is 2.07. The summed E-state index contributed by atoms with van der Waals surface area (Å²) >= 11 is 5.98. The van der Waals surface area contributed by atoms with Crippen molar-refractivity contribution in [2.45, 2.75) is 6.54 Å². The molecule has 0 saturated carbocycles. The van der Waals surface area contributed by atoms with E-state index in [1.807, 2.05) is 25.2 Å².